The average Bonchev–Trinajstić information content (AvgIpc) is 3.16. The van der Waals surface area contributed by atoms with Crippen LogP contribution in [0.2, 0.25) is 0 Å². The summed E-state index contributed by atoms with van der Waals surface area (Å²) in [7, 11) is 2.19. The number of anilines is 1. The minimum atomic E-state index is -0.452. The van der Waals surface area contributed by atoms with Crippen molar-refractivity contribution in [2.75, 3.05) is 45.1 Å². The minimum absolute atomic E-state index is 0.0392. The zero-order valence-electron chi connectivity index (χ0n) is 20.6. The highest BCUT2D eigenvalue weighted by Crippen LogP contribution is 2.57. The highest BCUT2D eigenvalue weighted by Gasteiger charge is 2.54. The molecule has 6 atom stereocenters. The molecule has 1 aromatic heterocycles. The highest BCUT2D eigenvalue weighted by atomic mass is 32.1. The van der Waals surface area contributed by atoms with Crippen molar-refractivity contribution in [3.05, 3.63) is 10.6 Å². The summed E-state index contributed by atoms with van der Waals surface area (Å²) in [5, 5.41) is 16.2. The summed E-state index contributed by atoms with van der Waals surface area (Å²) in [6, 6.07) is 0. The SMILES string of the molecule is CCCCNc1nc2c(s1)C[C@]1(C)CC[C@H]([C@H](C)C(=O)N3CC[NH+](C)CC3)[C@H](O)[C@H]1[C@@H]2C. The first kappa shape index (κ1) is 24.0. The predicted molar refractivity (Wildman–Crippen MR) is 130 cm³/mol. The van der Waals surface area contributed by atoms with Crippen LogP contribution in [0.5, 0.6) is 0 Å². The molecule has 1 aromatic rings. The number of carbonyl (C=O) groups is 1. The third-order valence-electron chi connectivity index (χ3n) is 8.69. The van der Waals surface area contributed by atoms with Gasteiger partial charge >= 0.3 is 0 Å². The summed E-state index contributed by atoms with van der Waals surface area (Å²) in [5.41, 5.74) is 1.26. The van der Waals surface area contributed by atoms with Crippen molar-refractivity contribution in [3.63, 3.8) is 0 Å². The van der Waals surface area contributed by atoms with Crippen LogP contribution in [0.3, 0.4) is 0 Å². The van der Waals surface area contributed by atoms with E-state index in [1.165, 1.54) is 21.9 Å². The van der Waals surface area contributed by atoms with Crippen LogP contribution in [0.15, 0.2) is 0 Å². The van der Waals surface area contributed by atoms with Crippen LogP contribution in [-0.2, 0) is 11.2 Å². The molecule has 7 heteroatoms. The number of hydrogen-bond acceptors (Lipinski definition) is 5. The van der Waals surface area contributed by atoms with Crippen molar-refractivity contribution < 1.29 is 14.8 Å². The number of amides is 1. The molecule has 0 aromatic carbocycles. The molecule has 2 heterocycles. The molecule has 4 rings (SSSR count). The number of rotatable bonds is 6. The molecule has 1 amide bonds. The number of unbranched alkanes of at least 4 members (excludes halogenated alkanes) is 1. The van der Waals surface area contributed by atoms with E-state index in [0.29, 0.717) is 0 Å². The number of nitrogens with zero attached hydrogens (tertiary/aromatic N) is 2. The molecule has 180 valence electrons. The van der Waals surface area contributed by atoms with Crippen molar-refractivity contribution in [1.82, 2.24) is 9.88 Å². The average molecular weight is 464 g/mol. The molecule has 0 bridgehead atoms. The van der Waals surface area contributed by atoms with Crippen molar-refractivity contribution in [2.24, 2.45) is 23.2 Å². The van der Waals surface area contributed by atoms with Gasteiger partial charge in [-0.05, 0) is 42.9 Å². The molecular weight excluding hydrogens is 420 g/mol. The molecule has 1 saturated heterocycles. The molecule has 3 aliphatic rings. The Morgan fingerprint density at radius 1 is 1.41 bits per heavy atom. The Labute approximate surface area is 197 Å². The molecule has 1 aliphatic heterocycles. The molecule has 1 saturated carbocycles. The number of hydrogen-bond donors (Lipinski definition) is 3. The van der Waals surface area contributed by atoms with Crippen LogP contribution in [0.25, 0.3) is 0 Å². The quantitative estimate of drug-likeness (QED) is 0.567. The standard InChI is InChI=1S/C25H42N4O2S/c1-6-7-10-26-24-27-21-17(3)20-22(30)18(8-9-25(20,4)15-19(21)32-24)16(2)23(31)29-13-11-28(5)12-14-29/h16-18,20,22,30H,6-15H2,1-5H3,(H,26,27)/p+1/t16-,17-,18+,20+,22-,25-/m0/s1. The molecule has 0 spiro atoms. The first-order valence-electron chi connectivity index (χ1n) is 12.8. The van der Waals surface area contributed by atoms with Gasteiger partial charge in [0, 0.05) is 23.3 Å². The Hall–Kier alpha value is -1.18. The van der Waals surface area contributed by atoms with E-state index in [2.05, 4.69) is 40.1 Å². The number of fused-ring (bicyclic) bond motifs is 2. The summed E-state index contributed by atoms with van der Waals surface area (Å²) in [5.74, 6) is 0.534. The molecule has 3 N–H and O–H groups in total. The van der Waals surface area contributed by atoms with E-state index in [0.717, 1.165) is 63.5 Å². The van der Waals surface area contributed by atoms with Gasteiger partial charge in [0.1, 0.15) is 0 Å². The lowest BCUT2D eigenvalue weighted by atomic mass is 9.53. The summed E-state index contributed by atoms with van der Waals surface area (Å²) in [4.78, 5) is 23.2. The molecule has 32 heavy (non-hydrogen) atoms. The maximum atomic E-state index is 13.3. The minimum Gasteiger partial charge on any atom is -0.392 e. The second-order valence-electron chi connectivity index (χ2n) is 11.0. The van der Waals surface area contributed by atoms with E-state index in [-0.39, 0.29) is 35.0 Å². The van der Waals surface area contributed by atoms with Gasteiger partial charge in [-0.25, -0.2) is 4.98 Å². The van der Waals surface area contributed by atoms with Gasteiger partial charge in [-0.1, -0.05) is 34.1 Å². The summed E-state index contributed by atoms with van der Waals surface area (Å²) < 4.78 is 0. The Balaban J connectivity index is 1.49. The van der Waals surface area contributed by atoms with Crippen molar-refractivity contribution >= 4 is 22.4 Å². The maximum absolute atomic E-state index is 13.3. The summed E-state index contributed by atoms with van der Waals surface area (Å²) >= 11 is 1.81. The fraction of sp³-hybridized carbons (Fsp3) is 0.840. The predicted octanol–water partition coefficient (Wildman–Crippen LogP) is 2.40. The number of carbonyl (C=O) groups excluding carboxylic acids is 1. The number of nitrogens with one attached hydrogen (secondary N) is 2. The lowest BCUT2D eigenvalue weighted by molar-refractivity contribution is -0.883. The van der Waals surface area contributed by atoms with Gasteiger partial charge in [-0.2, -0.15) is 0 Å². The summed E-state index contributed by atoms with van der Waals surface area (Å²) in [6.07, 6.45) is 4.88. The Bertz CT molecular complexity index is 806. The Morgan fingerprint density at radius 2 is 2.12 bits per heavy atom. The number of aromatic nitrogens is 1. The van der Waals surface area contributed by atoms with Crippen LogP contribution in [-0.4, -0.2) is 66.8 Å². The smallest absolute Gasteiger partial charge is 0.226 e. The van der Waals surface area contributed by atoms with Crippen molar-refractivity contribution in [1.29, 1.82) is 0 Å². The van der Waals surface area contributed by atoms with E-state index >= 15 is 0 Å². The topological polar surface area (TPSA) is 69.9 Å². The van der Waals surface area contributed by atoms with E-state index in [4.69, 9.17) is 4.98 Å². The van der Waals surface area contributed by atoms with Gasteiger partial charge in [-0.15, -0.1) is 11.3 Å². The lowest BCUT2D eigenvalue weighted by Crippen LogP contribution is -3.12. The maximum Gasteiger partial charge on any atom is 0.226 e. The van der Waals surface area contributed by atoms with E-state index in [1.807, 2.05) is 16.2 Å². The molecular formula is C25H43N4O2S+. The zero-order chi connectivity index (χ0) is 23.0. The number of thiazole rings is 1. The Kier molecular flexibility index (Phi) is 7.18. The highest BCUT2D eigenvalue weighted by molar-refractivity contribution is 7.15. The first-order valence-corrected chi connectivity index (χ1v) is 13.6. The van der Waals surface area contributed by atoms with Gasteiger partial charge in [0.05, 0.1) is 45.0 Å². The second-order valence-corrected chi connectivity index (χ2v) is 12.1. The normalized spacial score (nSPS) is 34.0. The Morgan fingerprint density at radius 3 is 2.81 bits per heavy atom. The molecule has 2 fully saturated rings. The van der Waals surface area contributed by atoms with Gasteiger partial charge in [-0.3, -0.25) is 4.79 Å². The number of likely N-dealkylation sites (N-methyl/N-ethyl adjacent to an activating group) is 1. The monoisotopic (exact) mass is 463 g/mol. The van der Waals surface area contributed by atoms with E-state index in [9.17, 15) is 9.90 Å². The fourth-order valence-electron chi connectivity index (χ4n) is 6.57. The van der Waals surface area contributed by atoms with Crippen LogP contribution in [0.4, 0.5) is 5.13 Å². The van der Waals surface area contributed by atoms with Gasteiger partial charge in [0.15, 0.2) is 5.13 Å². The molecule has 6 nitrogen and oxygen atoms in total. The third kappa shape index (κ3) is 4.45. The van der Waals surface area contributed by atoms with Crippen molar-refractivity contribution in [3.8, 4) is 0 Å². The number of quaternary nitrogens is 1. The van der Waals surface area contributed by atoms with Crippen molar-refractivity contribution in [2.45, 2.75) is 71.8 Å². The van der Waals surface area contributed by atoms with Gasteiger partial charge in [0.2, 0.25) is 5.91 Å². The van der Waals surface area contributed by atoms with Crippen LogP contribution >= 0.6 is 11.3 Å². The van der Waals surface area contributed by atoms with Gasteiger partial charge in [0.25, 0.3) is 0 Å². The number of aliphatic hydroxyl groups is 1. The third-order valence-corrected chi connectivity index (χ3v) is 9.72. The van der Waals surface area contributed by atoms with Crippen LogP contribution < -0.4 is 10.2 Å². The van der Waals surface area contributed by atoms with E-state index < -0.39 is 6.10 Å². The fourth-order valence-corrected chi connectivity index (χ4v) is 7.86. The second kappa shape index (κ2) is 9.59. The number of piperazine rings is 1. The zero-order valence-corrected chi connectivity index (χ0v) is 21.4. The van der Waals surface area contributed by atoms with Crippen LogP contribution in [0, 0.1) is 23.2 Å². The lowest BCUT2D eigenvalue weighted by Gasteiger charge is -2.53. The van der Waals surface area contributed by atoms with Gasteiger partial charge < -0.3 is 20.2 Å². The molecule has 0 radical (unpaired) electrons. The largest absolute Gasteiger partial charge is 0.392 e. The first-order chi connectivity index (χ1) is 15.2. The van der Waals surface area contributed by atoms with Crippen LogP contribution in [0.1, 0.15) is 69.9 Å². The molecule has 0 unspecified atom stereocenters. The number of aliphatic hydroxyl groups excluding tert-OH is 1. The molecule has 2 aliphatic carbocycles. The summed E-state index contributed by atoms with van der Waals surface area (Å²) in [6.45, 7) is 13.5. The van der Waals surface area contributed by atoms with E-state index in [1.54, 1.807) is 0 Å².